The number of anilines is 2. The molecule has 1 saturated heterocycles. The molecule has 1 atom stereocenters. The molecule has 5 aromatic rings. The van der Waals surface area contributed by atoms with E-state index in [2.05, 4.69) is 21.6 Å². The first-order valence-electron chi connectivity index (χ1n) is 18.9. The first-order valence-corrected chi connectivity index (χ1v) is 20.7. The fraction of sp³-hybridized carbons (Fsp3) is 0.302. The first-order chi connectivity index (χ1) is 26.7. The Hall–Kier alpha value is -5.59. The van der Waals surface area contributed by atoms with Gasteiger partial charge in [0.1, 0.15) is 5.75 Å². The molecule has 4 aliphatic rings. The van der Waals surface area contributed by atoms with Gasteiger partial charge in [0.25, 0.3) is 11.8 Å². The van der Waals surface area contributed by atoms with Gasteiger partial charge in [0.2, 0.25) is 6.79 Å². The summed E-state index contributed by atoms with van der Waals surface area (Å²) >= 11 is 0. The Labute approximate surface area is 320 Å². The Morgan fingerprint density at radius 2 is 1.47 bits per heavy atom. The van der Waals surface area contributed by atoms with E-state index in [1.54, 1.807) is 35.2 Å². The van der Waals surface area contributed by atoms with Crippen molar-refractivity contribution in [3.63, 3.8) is 0 Å². The van der Waals surface area contributed by atoms with Gasteiger partial charge in [-0.15, -0.1) is 0 Å². The molecule has 0 spiro atoms. The molecule has 0 aliphatic carbocycles. The molecular weight excluding hydrogens is 717 g/mol. The molecule has 2 amide bonds. The minimum absolute atomic E-state index is 0.0403. The number of carbonyl (C=O) groups is 2. The Morgan fingerprint density at radius 3 is 2.24 bits per heavy atom. The number of aromatic hydroxyl groups is 1. The van der Waals surface area contributed by atoms with Gasteiger partial charge in [-0.05, 0) is 91.4 Å². The minimum Gasteiger partial charge on any atom is -0.508 e. The number of aromatic nitrogens is 1. The summed E-state index contributed by atoms with van der Waals surface area (Å²) in [6.07, 6.45) is 3.20. The maximum Gasteiger partial charge on any atom is 0.264 e. The molecule has 1 N–H and O–H groups in total. The number of ether oxygens (including phenoxy) is 2. The average molecular weight is 759 g/mol. The van der Waals surface area contributed by atoms with Crippen LogP contribution in [0.4, 0.5) is 11.4 Å². The zero-order valence-corrected chi connectivity index (χ0v) is 31.2. The molecule has 0 saturated carbocycles. The third kappa shape index (κ3) is 6.74. The summed E-state index contributed by atoms with van der Waals surface area (Å²) in [7, 11) is -3.06. The molecule has 4 aromatic carbocycles. The summed E-state index contributed by atoms with van der Waals surface area (Å²) in [5.41, 5.74) is 6.91. The fourth-order valence-corrected chi connectivity index (χ4v) is 9.75. The highest BCUT2D eigenvalue weighted by Crippen LogP contribution is 2.43. The Kier molecular flexibility index (Phi) is 9.10. The highest BCUT2D eigenvalue weighted by atomic mass is 32.2. The zero-order chi connectivity index (χ0) is 37.7. The van der Waals surface area contributed by atoms with E-state index in [0.717, 1.165) is 29.8 Å². The van der Waals surface area contributed by atoms with Gasteiger partial charge in [0, 0.05) is 67.1 Å². The summed E-state index contributed by atoms with van der Waals surface area (Å²) in [4.78, 5) is 35.8. The molecule has 9 rings (SSSR count). The maximum atomic E-state index is 15.2. The van der Waals surface area contributed by atoms with Crippen molar-refractivity contribution in [1.82, 2.24) is 14.4 Å². The molecule has 0 unspecified atom stereocenters. The molecule has 282 valence electrons. The molecule has 5 heterocycles. The van der Waals surface area contributed by atoms with Gasteiger partial charge >= 0.3 is 0 Å². The number of benzene rings is 4. The van der Waals surface area contributed by atoms with Crippen LogP contribution in [0.5, 0.6) is 17.2 Å². The topological polar surface area (TPSA) is 122 Å². The number of phenols is 1. The number of rotatable bonds is 7. The van der Waals surface area contributed by atoms with Crippen molar-refractivity contribution in [2.24, 2.45) is 0 Å². The second-order valence-corrected chi connectivity index (χ2v) is 17.1. The van der Waals surface area contributed by atoms with Crippen LogP contribution < -0.4 is 14.4 Å². The van der Waals surface area contributed by atoms with E-state index in [0.29, 0.717) is 85.1 Å². The third-order valence-electron chi connectivity index (χ3n) is 11.4. The summed E-state index contributed by atoms with van der Waals surface area (Å²) in [6, 6.07) is 29.6. The van der Waals surface area contributed by atoms with Crippen LogP contribution in [-0.2, 0) is 35.8 Å². The average Bonchev–Trinajstić information content (AvgIpc) is 3.83. The number of carbonyl (C=O) groups excluding carboxylic acids is 2. The Bertz CT molecular complexity index is 2380. The standard InChI is InChI=1S/C43H42N4O7S/c48-34-15-13-32(14-16-34)47(31-10-2-1-3-11-31)43(50)37-23-39(45-17-7-6-12-38(37)45)35-24-40-41(54-28-53-40)25-36(35)42(49)46-26-30-9-5-4-8-29(30)22-33(46)27-44-18-20-55(51,52)21-19-44/h1-5,8-11,13-16,23-25,33,48H,6-7,12,17-22,26-28H2/t33-/m0/s1. The number of phenolic OH excluding ortho intramolecular Hbond substituents is 1. The Morgan fingerprint density at radius 1 is 0.782 bits per heavy atom. The number of amides is 2. The van der Waals surface area contributed by atoms with Crippen LogP contribution in [0.15, 0.2) is 97.1 Å². The second-order valence-electron chi connectivity index (χ2n) is 14.8. The summed E-state index contributed by atoms with van der Waals surface area (Å²) in [5, 5.41) is 10.1. The van der Waals surface area contributed by atoms with Crippen molar-refractivity contribution in [1.29, 1.82) is 0 Å². The van der Waals surface area contributed by atoms with Crippen LogP contribution in [0, 0.1) is 0 Å². The van der Waals surface area contributed by atoms with Crippen LogP contribution in [0.1, 0.15) is 50.4 Å². The van der Waals surface area contributed by atoms with E-state index < -0.39 is 9.84 Å². The number of fused-ring (bicyclic) bond motifs is 3. The van der Waals surface area contributed by atoms with Gasteiger partial charge in [-0.3, -0.25) is 19.4 Å². The molecule has 0 radical (unpaired) electrons. The lowest BCUT2D eigenvalue weighted by molar-refractivity contribution is 0.0585. The van der Waals surface area contributed by atoms with Gasteiger partial charge in [-0.25, -0.2) is 8.42 Å². The normalized spacial score (nSPS) is 18.7. The molecule has 12 heteroatoms. The van der Waals surface area contributed by atoms with Crippen LogP contribution in [0.3, 0.4) is 0 Å². The number of nitrogens with zero attached hydrogens (tertiary/aromatic N) is 4. The molecule has 55 heavy (non-hydrogen) atoms. The van der Waals surface area contributed by atoms with E-state index in [4.69, 9.17) is 9.47 Å². The quantitative estimate of drug-likeness (QED) is 0.208. The van der Waals surface area contributed by atoms with Gasteiger partial charge in [-0.1, -0.05) is 42.5 Å². The van der Waals surface area contributed by atoms with Crippen LogP contribution in [0.25, 0.3) is 11.3 Å². The first kappa shape index (κ1) is 35.1. The van der Waals surface area contributed by atoms with E-state index in [9.17, 15) is 18.3 Å². The van der Waals surface area contributed by atoms with E-state index >= 15 is 4.79 Å². The summed E-state index contributed by atoms with van der Waals surface area (Å²) in [5.74, 6) is 1.00. The van der Waals surface area contributed by atoms with Gasteiger partial charge < -0.3 is 24.0 Å². The predicted molar refractivity (Wildman–Crippen MR) is 209 cm³/mol. The number of sulfone groups is 1. The lowest BCUT2D eigenvalue weighted by atomic mass is 9.92. The Balaban J connectivity index is 1.14. The van der Waals surface area contributed by atoms with Crippen LogP contribution in [-0.4, -0.2) is 83.7 Å². The van der Waals surface area contributed by atoms with Crippen molar-refractivity contribution < 1.29 is 32.6 Å². The second kappa shape index (κ2) is 14.2. The minimum atomic E-state index is -3.06. The third-order valence-corrected chi connectivity index (χ3v) is 13.0. The lowest BCUT2D eigenvalue weighted by Crippen LogP contribution is -2.52. The highest BCUT2D eigenvalue weighted by Gasteiger charge is 2.37. The monoisotopic (exact) mass is 758 g/mol. The lowest BCUT2D eigenvalue weighted by Gasteiger charge is -2.40. The smallest absolute Gasteiger partial charge is 0.264 e. The largest absolute Gasteiger partial charge is 0.508 e. The highest BCUT2D eigenvalue weighted by molar-refractivity contribution is 7.91. The van der Waals surface area contributed by atoms with E-state index in [1.807, 2.05) is 59.5 Å². The molecule has 4 aliphatic heterocycles. The van der Waals surface area contributed by atoms with E-state index in [1.165, 1.54) is 5.56 Å². The maximum absolute atomic E-state index is 15.2. The molecule has 1 fully saturated rings. The number of hydrogen-bond acceptors (Lipinski definition) is 8. The number of para-hydroxylation sites is 1. The molecular formula is C43H42N4O7S. The van der Waals surface area contributed by atoms with Gasteiger partial charge in [-0.2, -0.15) is 0 Å². The number of hydrogen-bond donors (Lipinski definition) is 1. The SMILES string of the molecule is O=C(c1cc(-c2cc3c(cc2C(=O)N2Cc4ccccc4C[C@H]2CN2CCS(=O)(=O)CC2)OCO3)n2c1CCCC2)N(c1ccccc1)c1ccc(O)cc1. The predicted octanol–water partition coefficient (Wildman–Crippen LogP) is 6.20. The van der Waals surface area contributed by atoms with Crippen molar-refractivity contribution in [3.8, 4) is 28.5 Å². The zero-order valence-electron chi connectivity index (χ0n) is 30.4. The van der Waals surface area contributed by atoms with Crippen molar-refractivity contribution in [2.45, 2.75) is 44.8 Å². The van der Waals surface area contributed by atoms with Gasteiger partial charge in [0.05, 0.1) is 22.6 Å². The van der Waals surface area contributed by atoms with Crippen molar-refractivity contribution in [2.75, 3.05) is 42.8 Å². The van der Waals surface area contributed by atoms with Crippen LogP contribution in [0.2, 0.25) is 0 Å². The summed E-state index contributed by atoms with van der Waals surface area (Å²) in [6.45, 7) is 2.57. The summed E-state index contributed by atoms with van der Waals surface area (Å²) < 4.78 is 38.4. The van der Waals surface area contributed by atoms with Crippen molar-refractivity contribution in [3.05, 3.63) is 125 Å². The van der Waals surface area contributed by atoms with E-state index in [-0.39, 0.29) is 41.9 Å². The van der Waals surface area contributed by atoms with Gasteiger partial charge in [0.15, 0.2) is 21.3 Å². The van der Waals surface area contributed by atoms with Crippen LogP contribution >= 0.6 is 0 Å². The molecule has 11 nitrogen and oxygen atoms in total. The fourth-order valence-electron chi connectivity index (χ4n) is 8.47. The molecule has 1 aromatic heterocycles. The van der Waals surface area contributed by atoms with Crippen molar-refractivity contribution >= 4 is 33.0 Å². The molecule has 0 bridgehead atoms.